The Morgan fingerprint density at radius 3 is 0.968 bits per heavy atom. The summed E-state index contributed by atoms with van der Waals surface area (Å²) in [6, 6.07) is 0. The second-order valence-corrected chi connectivity index (χ2v) is 17.8. The maximum absolute atomic E-state index is 12.8. The summed E-state index contributed by atoms with van der Waals surface area (Å²) in [6.07, 6.45) is 63.5. The molecule has 0 fully saturated rings. The number of carbonyl (C=O) groups excluding carboxylic acids is 3. The predicted molar refractivity (Wildman–Crippen MR) is 270 cm³/mol. The van der Waals surface area contributed by atoms with Crippen molar-refractivity contribution in [2.75, 3.05) is 13.2 Å². The lowest BCUT2D eigenvalue weighted by Crippen LogP contribution is -2.30. The molecule has 0 aromatic rings. The fourth-order valence-corrected chi connectivity index (χ4v) is 7.53. The number of carbonyl (C=O) groups is 3. The van der Waals surface area contributed by atoms with Crippen LogP contribution >= 0.6 is 0 Å². The van der Waals surface area contributed by atoms with E-state index >= 15 is 0 Å². The molecule has 0 aliphatic rings. The van der Waals surface area contributed by atoms with Crippen LogP contribution in [-0.4, -0.2) is 37.2 Å². The summed E-state index contributed by atoms with van der Waals surface area (Å²) < 4.78 is 16.8. The van der Waals surface area contributed by atoms with Gasteiger partial charge >= 0.3 is 17.9 Å². The van der Waals surface area contributed by atoms with Gasteiger partial charge in [0, 0.05) is 19.3 Å². The first kappa shape index (κ1) is 60.1. The van der Waals surface area contributed by atoms with Crippen molar-refractivity contribution in [1.29, 1.82) is 0 Å². The normalized spacial score (nSPS) is 12.5. The second-order valence-electron chi connectivity index (χ2n) is 17.8. The van der Waals surface area contributed by atoms with Gasteiger partial charge in [-0.2, -0.15) is 0 Å². The van der Waals surface area contributed by atoms with Gasteiger partial charge in [0.25, 0.3) is 0 Å². The Balaban J connectivity index is 4.39. The Bertz CT molecular complexity index is 1150. The van der Waals surface area contributed by atoms with Gasteiger partial charge in [0.05, 0.1) is 0 Å². The minimum atomic E-state index is -0.783. The summed E-state index contributed by atoms with van der Waals surface area (Å²) in [4.78, 5) is 38.0. The molecule has 6 nitrogen and oxygen atoms in total. The fourth-order valence-electron chi connectivity index (χ4n) is 7.53. The Labute approximate surface area is 390 Å². The molecule has 0 aromatic heterocycles. The van der Waals surface area contributed by atoms with E-state index < -0.39 is 6.10 Å². The summed E-state index contributed by atoms with van der Waals surface area (Å²) in [7, 11) is 0. The smallest absolute Gasteiger partial charge is 0.306 e. The van der Waals surface area contributed by atoms with Crippen LogP contribution in [-0.2, 0) is 28.6 Å². The summed E-state index contributed by atoms with van der Waals surface area (Å²) in [6.45, 7) is 6.51. The number of hydrogen-bond donors (Lipinski definition) is 0. The van der Waals surface area contributed by atoms with E-state index in [0.29, 0.717) is 19.3 Å². The van der Waals surface area contributed by atoms with E-state index in [1.165, 1.54) is 128 Å². The Kier molecular flexibility index (Phi) is 49.4. The molecule has 0 saturated carbocycles. The van der Waals surface area contributed by atoms with Crippen molar-refractivity contribution in [3.63, 3.8) is 0 Å². The molecule has 6 heteroatoms. The van der Waals surface area contributed by atoms with E-state index in [1.54, 1.807) is 0 Å². The predicted octanol–water partition coefficient (Wildman–Crippen LogP) is 17.6. The minimum Gasteiger partial charge on any atom is -0.462 e. The zero-order valence-corrected chi connectivity index (χ0v) is 41.6. The molecule has 1 atom stereocenters. The van der Waals surface area contributed by atoms with Crippen molar-refractivity contribution >= 4 is 17.9 Å². The van der Waals surface area contributed by atoms with Crippen molar-refractivity contribution in [2.45, 2.75) is 271 Å². The highest BCUT2D eigenvalue weighted by molar-refractivity contribution is 5.71. The van der Waals surface area contributed by atoms with Crippen molar-refractivity contribution in [2.24, 2.45) is 0 Å². The Morgan fingerprint density at radius 1 is 0.333 bits per heavy atom. The van der Waals surface area contributed by atoms with E-state index in [0.717, 1.165) is 96.3 Å². The molecule has 0 N–H and O–H groups in total. The van der Waals surface area contributed by atoms with Crippen molar-refractivity contribution in [3.8, 4) is 0 Å². The van der Waals surface area contributed by atoms with Gasteiger partial charge in [0.15, 0.2) is 6.10 Å². The number of ether oxygens (including phenoxy) is 3. The lowest BCUT2D eigenvalue weighted by atomic mass is 10.0. The molecule has 0 radical (unpaired) electrons. The van der Waals surface area contributed by atoms with E-state index in [-0.39, 0.29) is 31.1 Å². The number of rotatable bonds is 48. The standard InChI is InChI=1S/C57H100O6/c1-4-7-10-13-16-19-22-24-26-27-28-29-31-32-35-38-41-44-47-50-56(59)62-53-54(52-61-55(58)49-46-43-40-37-34-21-18-15-12-9-6-3)63-57(60)51-48-45-42-39-36-33-30-25-23-20-17-14-11-8-5-2/h7,10,16,19,24,26,28-29,32,35,54H,4-6,8-9,11-15,17-18,20-23,25,27,30-31,33-34,36-53H2,1-3H3/b10-7-,19-16-,26-24-,29-28-,35-32-/t54-/m1/s1. The van der Waals surface area contributed by atoms with Gasteiger partial charge in [-0.3, -0.25) is 14.4 Å². The van der Waals surface area contributed by atoms with E-state index in [4.69, 9.17) is 14.2 Å². The van der Waals surface area contributed by atoms with E-state index in [1.807, 2.05) is 0 Å². The lowest BCUT2D eigenvalue weighted by Gasteiger charge is -2.18. The molecular formula is C57H100O6. The third-order valence-electron chi connectivity index (χ3n) is 11.5. The van der Waals surface area contributed by atoms with Crippen molar-refractivity contribution in [3.05, 3.63) is 60.8 Å². The maximum Gasteiger partial charge on any atom is 0.306 e. The van der Waals surface area contributed by atoms with Gasteiger partial charge in [0.2, 0.25) is 0 Å². The highest BCUT2D eigenvalue weighted by atomic mass is 16.6. The van der Waals surface area contributed by atoms with E-state index in [9.17, 15) is 14.4 Å². The monoisotopic (exact) mass is 881 g/mol. The summed E-state index contributed by atoms with van der Waals surface area (Å²) in [5, 5.41) is 0. The molecule has 63 heavy (non-hydrogen) atoms. The summed E-state index contributed by atoms with van der Waals surface area (Å²) in [5.41, 5.74) is 0. The van der Waals surface area contributed by atoms with Crippen LogP contribution in [0.4, 0.5) is 0 Å². The van der Waals surface area contributed by atoms with Crippen LogP contribution in [0.25, 0.3) is 0 Å². The molecule has 0 aliphatic carbocycles. The first-order chi connectivity index (χ1) is 31.0. The number of esters is 3. The lowest BCUT2D eigenvalue weighted by molar-refractivity contribution is -0.167. The van der Waals surface area contributed by atoms with Gasteiger partial charge in [-0.15, -0.1) is 0 Å². The van der Waals surface area contributed by atoms with Crippen molar-refractivity contribution < 1.29 is 28.6 Å². The SMILES string of the molecule is CC/C=C\C/C=C\C/C=C\C/C=C\C/C=C\CCCCCC(=O)OC[C@@H](COC(=O)CCCCCCCCCCCCC)OC(=O)CCCCCCCCCCCCCCCCC. The van der Waals surface area contributed by atoms with Crippen LogP contribution in [0.15, 0.2) is 60.8 Å². The molecule has 0 rings (SSSR count). The molecule has 0 bridgehead atoms. The molecule has 0 aromatic carbocycles. The Morgan fingerprint density at radius 2 is 0.619 bits per heavy atom. The average molecular weight is 881 g/mol. The van der Waals surface area contributed by atoms with Crippen LogP contribution in [0, 0.1) is 0 Å². The van der Waals surface area contributed by atoms with Crippen LogP contribution in [0.5, 0.6) is 0 Å². The van der Waals surface area contributed by atoms with Gasteiger partial charge in [-0.1, -0.05) is 242 Å². The summed E-state index contributed by atoms with van der Waals surface area (Å²) in [5.74, 6) is -0.906. The molecule has 0 amide bonds. The van der Waals surface area contributed by atoms with Gasteiger partial charge in [0.1, 0.15) is 13.2 Å². The molecule has 0 unspecified atom stereocenters. The largest absolute Gasteiger partial charge is 0.462 e. The zero-order valence-electron chi connectivity index (χ0n) is 41.6. The topological polar surface area (TPSA) is 78.9 Å². The van der Waals surface area contributed by atoms with Crippen LogP contribution in [0.3, 0.4) is 0 Å². The van der Waals surface area contributed by atoms with Crippen LogP contribution in [0.2, 0.25) is 0 Å². The highest BCUT2D eigenvalue weighted by Crippen LogP contribution is 2.16. The molecule has 0 aliphatic heterocycles. The number of unbranched alkanes of at least 4 members (excludes halogenated alkanes) is 27. The molecule has 0 spiro atoms. The van der Waals surface area contributed by atoms with Gasteiger partial charge in [-0.05, 0) is 64.2 Å². The highest BCUT2D eigenvalue weighted by Gasteiger charge is 2.19. The first-order valence-corrected chi connectivity index (χ1v) is 26.8. The quantitative estimate of drug-likeness (QED) is 0.0262. The third kappa shape index (κ3) is 50.0. The molecule has 364 valence electrons. The third-order valence-corrected chi connectivity index (χ3v) is 11.5. The number of hydrogen-bond acceptors (Lipinski definition) is 6. The molecular weight excluding hydrogens is 781 g/mol. The Hall–Kier alpha value is -2.89. The van der Waals surface area contributed by atoms with Crippen LogP contribution < -0.4 is 0 Å². The van der Waals surface area contributed by atoms with Crippen LogP contribution in [0.1, 0.15) is 265 Å². The molecule has 0 saturated heterocycles. The van der Waals surface area contributed by atoms with Gasteiger partial charge < -0.3 is 14.2 Å². The second kappa shape index (κ2) is 51.7. The molecule has 0 heterocycles. The van der Waals surface area contributed by atoms with Crippen molar-refractivity contribution in [1.82, 2.24) is 0 Å². The van der Waals surface area contributed by atoms with E-state index in [2.05, 4.69) is 81.5 Å². The average Bonchev–Trinajstić information content (AvgIpc) is 3.28. The first-order valence-electron chi connectivity index (χ1n) is 26.8. The minimum absolute atomic E-state index is 0.0814. The summed E-state index contributed by atoms with van der Waals surface area (Å²) >= 11 is 0. The zero-order chi connectivity index (χ0) is 45.8. The maximum atomic E-state index is 12.8. The van der Waals surface area contributed by atoms with Gasteiger partial charge in [-0.25, -0.2) is 0 Å². The fraction of sp³-hybridized carbons (Fsp3) is 0.772. The number of allylic oxidation sites excluding steroid dienone is 10.